The van der Waals surface area contributed by atoms with Crippen molar-refractivity contribution in [1.82, 2.24) is 14.5 Å². The zero-order chi connectivity index (χ0) is 18.7. The number of rotatable bonds is 6. The molecule has 26 heavy (non-hydrogen) atoms. The zero-order valence-electron chi connectivity index (χ0n) is 14.5. The third-order valence-electron chi connectivity index (χ3n) is 4.15. The number of carbonyl (C=O) groups excluding carboxylic acids is 1. The van der Waals surface area contributed by atoms with E-state index in [0.29, 0.717) is 23.7 Å². The molecular formula is C20H19BrClN3O. The first-order chi connectivity index (χ1) is 12.5. The van der Waals surface area contributed by atoms with Gasteiger partial charge >= 0.3 is 0 Å². The highest BCUT2D eigenvalue weighted by Crippen LogP contribution is 2.22. The molecule has 2 aromatic carbocycles. The molecule has 1 heterocycles. The summed E-state index contributed by atoms with van der Waals surface area (Å²) < 4.78 is 2.96. The monoisotopic (exact) mass is 431 g/mol. The van der Waals surface area contributed by atoms with Gasteiger partial charge in [0.25, 0.3) is 5.91 Å². The summed E-state index contributed by atoms with van der Waals surface area (Å²) in [5.41, 5.74) is 2.48. The van der Waals surface area contributed by atoms with E-state index in [2.05, 4.69) is 34.0 Å². The number of amides is 1. The fraction of sp³-hybridized carbons (Fsp3) is 0.200. The van der Waals surface area contributed by atoms with Gasteiger partial charge in [-0.05, 0) is 43.3 Å². The lowest BCUT2D eigenvalue weighted by molar-refractivity contribution is 0.0757. The minimum Gasteiger partial charge on any atom is -0.327 e. The number of nitrogens with zero attached hydrogens (tertiary/aromatic N) is 3. The molecular weight excluding hydrogens is 414 g/mol. The molecule has 0 aliphatic rings. The molecule has 134 valence electrons. The normalized spacial score (nSPS) is 10.9. The number of fused-ring (bicyclic) bond motifs is 1. The van der Waals surface area contributed by atoms with E-state index in [1.54, 1.807) is 11.0 Å². The van der Waals surface area contributed by atoms with Crippen LogP contribution in [0.5, 0.6) is 0 Å². The molecule has 0 N–H and O–H groups in total. The summed E-state index contributed by atoms with van der Waals surface area (Å²) in [7, 11) is 0. The molecule has 6 heteroatoms. The standard InChI is InChI=1S/C20H19BrClN3O/c1-3-10-24(20(26)14-6-5-7-15(21)11-14)13-19-23-17-9-8-16(22)12-18(17)25(19)4-2/h3,5-9,11-12H,1,4,10,13H2,2H3. The van der Waals surface area contributed by atoms with E-state index in [0.717, 1.165) is 27.9 Å². The van der Waals surface area contributed by atoms with Crippen LogP contribution in [-0.4, -0.2) is 26.9 Å². The molecule has 0 saturated carbocycles. The van der Waals surface area contributed by atoms with Crippen molar-refractivity contribution in [3.63, 3.8) is 0 Å². The molecule has 0 aliphatic carbocycles. The Balaban J connectivity index is 1.96. The first kappa shape index (κ1) is 18.7. The molecule has 0 unspecified atom stereocenters. The number of hydrogen-bond donors (Lipinski definition) is 0. The van der Waals surface area contributed by atoms with Crippen molar-refractivity contribution in [2.75, 3.05) is 6.54 Å². The summed E-state index contributed by atoms with van der Waals surface area (Å²) in [6.07, 6.45) is 1.73. The van der Waals surface area contributed by atoms with E-state index in [-0.39, 0.29) is 5.91 Å². The van der Waals surface area contributed by atoms with E-state index < -0.39 is 0 Å². The van der Waals surface area contributed by atoms with Crippen LogP contribution in [0.15, 0.2) is 59.6 Å². The minimum absolute atomic E-state index is 0.0565. The van der Waals surface area contributed by atoms with Gasteiger partial charge in [-0.25, -0.2) is 4.98 Å². The summed E-state index contributed by atoms with van der Waals surface area (Å²) in [5, 5.41) is 0.673. The van der Waals surface area contributed by atoms with Crippen LogP contribution >= 0.6 is 27.5 Å². The molecule has 3 aromatic rings. The average molecular weight is 433 g/mol. The van der Waals surface area contributed by atoms with E-state index in [4.69, 9.17) is 16.6 Å². The summed E-state index contributed by atoms with van der Waals surface area (Å²) in [4.78, 5) is 19.4. The second-order valence-corrected chi connectivity index (χ2v) is 7.24. The first-order valence-corrected chi connectivity index (χ1v) is 9.51. The van der Waals surface area contributed by atoms with Crippen LogP contribution in [0.25, 0.3) is 11.0 Å². The fourth-order valence-corrected chi connectivity index (χ4v) is 3.53. The number of benzene rings is 2. The maximum Gasteiger partial charge on any atom is 0.254 e. The summed E-state index contributed by atoms with van der Waals surface area (Å²) in [6, 6.07) is 13.0. The molecule has 0 radical (unpaired) electrons. The van der Waals surface area contributed by atoms with E-state index in [1.807, 2.05) is 42.5 Å². The van der Waals surface area contributed by atoms with Gasteiger partial charge in [0.1, 0.15) is 5.82 Å². The third-order valence-corrected chi connectivity index (χ3v) is 4.87. The van der Waals surface area contributed by atoms with Crippen LogP contribution in [0.3, 0.4) is 0 Å². The van der Waals surface area contributed by atoms with Gasteiger partial charge in [0.2, 0.25) is 0 Å². The Bertz CT molecular complexity index is 967. The topological polar surface area (TPSA) is 38.1 Å². The highest BCUT2D eigenvalue weighted by atomic mass is 79.9. The summed E-state index contributed by atoms with van der Waals surface area (Å²) >= 11 is 9.55. The lowest BCUT2D eigenvalue weighted by Crippen LogP contribution is -2.32. The van der Waals surface area contributed by atoms with E-state index >= 15 is 0 Å². The molecule has 0 aliphatic heterocycles. The Labute approximate surface area is 166 Å². The Morgan fingerprint density at radius 3 is 2.85 bits per heavy atom. The molecule has 3 rings (SSSR count). The molecule has 0 fully saturated rings. The molecule has 1 aromatic heterocycles. The lowest BCUT2D eigenvalue weighted by Gasteiger charge is -2.21. The Morgan fingerprint density at radius 2 is 2.15 bits per heavy atom. The maximum atomic E-state index is 13.0. The molecule has 0 bridgehead atoms. The lowest BCUT2D eigenvalue weighted by atomic mass is 10.2. The molecule has 4 nitrogen and oxygen atoms in total. The zero-order valence-corrected chi connectivity index (χ0v) is 16.8. The van der Waals surface area contributed by atoms with Crippen LogP contribution < -0.4 is 0 Å². The van der Waals surface area contributed by atoms with Crippen molar-refractivity contribution >= 4 is 44.5 Å². The third kappa shape index (κ3) is 3.84. The van der Waals surface area contributed by atoms with Crippen LogP contribution in [-0.2, 0) is 13.1 Å². The average Bonchev–Trinajstić information content (AvgIpc) is 2.97. The highest BCUT2D eigenvalue weighted by Gasteiger charge is 2.19. The van der Waals surface area contributed by atoms with Crippen LogP contribution in [0.4, 0.5) is 0 Å². The van der Waals surface area contributed by atoms with Gasteiger partial charge in [0.15, 0.2) is 0 Å². The number of aryl methyl sites for hydroxylation is 1. The van der Waals surface area contributed by atoms with Gasteiger partial charge in [0.05, 0.1) is 17.6 Å². The van der Waals surface area contributed by atoms with Gasteiger partial charge in [0, 0.05) is 28.1 Å². The molecule has 0 spiro atoms. The quantitative estimate of drug-likeness (QED) is 0.496. The number of aromatic nitrogens is 2. The summed E-state index contributed by atoms with van der Waals surface area (Å²) in [5.74, 6) is 0.772. The van der Waals surface area contributed by atoms with Crippen molar-refractivity contribution in [1.29, 1.82) is 0 Å². The predicted octanol–water partition coefficient (Wildman–Crippen LogP) is 5.30. The van der Waals surface area contributed by atoms with Crippen molar-refractivity contribution in [2.45, 2.75) is 20.0 Å². The van der Waals surface area contributed by atoms with Gasteiger partial charge in [-0.1, -0.05) is 39.7 Å². The smallest absolute Gasteiger partial charge is 0.254 e. The number of carbonyl (C=O) groups is 1. The Hall–Kier alpha value is -2.11. The first-order valence-electron chi connectivity index (χ1n) is 8.34. The highest BCUT2D eigenvalue weighted by molar-refractivity contribution is 9.10. The van der Waals surface area contributed by atoms with Crippen LogP contribution in [0, 0.1) is 0 Å². The fourth-order valence-electron chi connectivity index (χ4n) is 2.97. The summed E-state index contributed by atoms with van der Waals surface area (Å²) in [6.45, 7) is 7.43. The number of halogens is 2. The van der Waals surface area contributed by atoms with E-state index in [1.165, 1.54) is 0 Å². The maximum absolute atomic E-state index is 13.0. The predicted molar refractivity (Wildman–Crippen MR) is 109 cm³/mol. The van der Waals surface area contributed by atoms with Gasteiger partial charge in [-0.15, -0.1) is 6.58 Å². The van der Waals surface area contributed by atoms with Crippen molar-refractivity contribution in [3.05, 3.63) is 76.0 Å². The van der Waals surface area contributed by atoms with Crippen molar-refractivity contribution in [2.24, 2.45) is 0 Å². The van der Waals surface area contributed by atoms with Crippen molar-refractivity contribution < 1.29 is 4.79 Å². The second kappa shape index (κ2) is 8.06. The second-order valence-electron chi connectivity index (χ2n) is 5.89. The molecule has 1 amide bonds. The Kier molecular flexibility index (Phi) is 5.79. The van der Waals surface area contributed by atoms with Gasteiger partial charge in [-0.2, -0.15) is 0 Å². The minimum atomic E-state index is -0.0565. The van der Waals surface area contributed by atoms with Crippen molar-refractivity contribution in [3.8, 4) is 0 Å². The molecule has 0 atom stereocenters. The van der Waals surface area contributed by atoms with Crippen LogP contribution in [0.1, 0.15) is 23.1 Å². The van der Waals surface area contributed by atoms with Crippen LogP contribution in [0.2, 0.25) is 5.02 Å². The van der Waals surface area contributed by atoms with E-state index in [9.17, 15) is 4.79 Å². The largest absolute Gasteiger partial charge is 0.327 e. The molecule has 0 saturated heterocycles. The number of hydrogen-bond acceptors (Lipinski definition) is 2. The SMILES string of the molecule is C=CCN(Cc1nc2ccc(Cl)cc2n1CC)C(=O)c1cccc(Br)c1. The van der Waals surface area contributed by atoms with Gasteiger partial charge in [-0.3, -0.25) is 4.79 Å². The number of imidazole rings is 1. The Morgan fingerprint density at radius 1 is 1.35 bits per heavy atom. The van der Waals surface area contributed by atoms with Gasteiger partial charge < -0.3 is 9.47 Å².